The Bertz CT molecular complexity index is 1020. The van der Waals surface area contributed by atoms with Crippen LogP contribution in [0.25, 0.3) is 6.08 Å². The van der Waals surface area contributed by atoms with Gasteiger partial charge in [0.25, 0.3) is 5.91 Å². The summed E-state index contributed by atoms with van der Waals surface area (Å²) in [4.78, 5) is 17.4. The number of hydrogen-bond acceptors (Lipinski definition) is 4. The number of para-hydroxylation sites is 1. The number of amides is 1. The summed E-state index contributed by atoms with van der Waals surface area (Å²) in [6.45, 7) is 0.235. The maximum Gasteiger partial charge on any atom is 0.251 e. The number of fused-ring (bicyclic) bond motifs is 1. The van der Waals surface area contributed by atoms with Gasteiger partial charge in [0.15, 0.2) is 0 Å². The Morgan fingerprint density at radius 2 is 2.00 bits per heavy atom. The molecule has 3 aromatic rings. The molecule has 0 saturated carbocycles. The van der Waals surface area contributed by atoms with Gasteiger partial charge in [-0.05, 0) is 29.8 Å². The Morgan fingerprint density at radius 3 is 2.71 bits per heavy atom. The Labute approximate surface area is 163 Å². The summed E-state index contributed by atoms with van der Waals surface area (Å²) in [6.07, 6.45) is 5.45. The minimum atomic E-state index is -0.392. The lowest BCUT2D eigenvalue weighted by Gasteiger charge is -2.22. The Morgan fingerprint density at radius 1 is 1.21 bits per heavy atom. The molecule has 0 radical (unpaired) electrons. The topological polar surface area (TPSA) is 65.4 Å². The fourth-order valence-electron chi connectivity index (χ4n) is 3.22. The zero-order chi connectivity index (χ0) is 19.5. The van der Waals surface area contributed by atoms with Gasteiger partial charge in [0, 0.05) is 25.0 Å². The van der Waals surface area contributed by atoms with Crippen molar-refractivity contribution in [3.8, 4) is 11.5 Å². The Hall–Kier alpha value is -3.54. The molecule has 0 fully saturated rings. The van der Waals surface area contributed by atoms with Crippen LogP contribution in [0.2, 0.25) is 0 Å². The molecule has 0 spiro atoms. The molecule has 28 heavy (non-hydrogen) atoms. The van der Waals surface area contributed by atoms with Gasteiger partial charge in [0.2, 0.25) is 0 Å². The number of carbonyl (C=O) groups excluding carboxylic acids is 1. The third-order valence-electron chi connectivity index (χ3n) is 4.76. The van der Waals surface area contributed by atoms with E-state index in [9.17, 15) is 4.79 Å². The number of rotatable bonds is 5. The zero-order valence-electron chi connectivity index (χ0n) is 15.8. The van der Waals surface area contributed by atoms with E-state index in [1.807, 2.05) is 72.4 Å². The summed E-state index contributed by atoms with van der Waals surface area (Å²) in [5.74, 6) is 2.11. The molecule has 0 bridgehead atoms. The highest BCUT2D eigenvalue weighted by Crippen LogP contribution is 2.27. The molecule has 0 saturated heterocycles. The van der Waals surface area contributed by atoms with Crippen molar-refractivity contribution in [2.24, 2.45) is 7.05 Å². The van der Waals surface area contributed by atoms with Crippen molar-refractivity contribution in [1.82, 2.24) is 14.9 Å². The number of benzene rings is 2. The highest BCUT2D eigenvalue weighted by Gasteiger charge is 2.24. The lowest BCUT2D eigenvalue weighted by Crippen LogP contribution is -2.34. The molecule has 4 rings (SSSR count). The van der Waals surface area contributed by atoms with Crippen molar-refractivity contribution in [3.63, 3.8) is 0 Å². The smallest absolute Gasteiger partial charge is 0.251 e. The second kappa shape index (κ2) is 7.60. The largest absolute Gasteiger partial charge is 0.497 e. The lowest BCUT2D eigenvalue weighted by atomic mass is 10.0. The first-order valence-corrected chi connectivity index (χ1v) is 9.00. The van der Waals surface area contributed by atoms with Crippen LogP contribution in [-0.2, 0) is 11.8 Å². The van der Waals surface area contributed by atoms with E-state index in [1.165, 1.54) is 0 Å². The van der Waals surface area contributed by atoms with Gasteiger partial charge in [0.05, 0.1) is 12.7 Å². The SMILES string of the molecule is COc1ccc([C@@H](NC(=O)C2=Cc3ccccc3OC2)c2nccn2C)cc1. The van der Waals surface area contributed by atoms with Crippen LogP contribution in [0.3, 0.4) is 0 Å². The highest BCUT2D eigenvalue weighted by molar-refractivity contribution is 5.99. The van der Waals surface area contributed by atoms with Gasteiger partial charge in [-0.2, -0.15) is 0 Å². The van der Waals surface area contributed by atoms with Crippen LogP contribution in [0.15, 0.2) is 66.5 Å². The zero-order valence-corrected chi connectivity index (χ0v) is 15.8. The quantitative estimate of drug-likeness (QED) is 0.744. The van der Waals surface area contributed by atoms with E-state index in [0.717, 1.165) is 28.5 Å². The van der Waals surface area contributed by atoms with E-state index in [-0.39, 0.29) is 12.5 Å². The summed E-state index contributed by atoms with van der Waals surface area (Å²) in [5.41, 5.74) is 2.39. The van der Waals surface area contributed by atoms with Crippen LogP contribution in [-0.4, -0.2) is 29.2 Å². The van der Waals surface area contributed by atoms with Crippen molar-refractivity contribution in [1.29, 1.82) is 0 Å². The van der Waals surface area contributed by atoms with Crippen LogP contribution >= 0.6 is 0 Å². The molecule has 1 aliphatic rings. The summed E-state index contributed by atoms with van der Waals surface area (Å²) < 4.78 is 12.9. The molecule has 1 N–H and O–H groups in total. The number of hydrogen-bond donors (Lipinski definition) is 1. The van der Waals surface area contributed by atoms with Crippen LogP contribution in [0.1, 0.15) is 23.0 Å². The van der Waals surface area contributed by atoms with Crippen molar-refractivity contribution >= 4 is 12.0 Å². The summed E-state index contributed by atoms with van der Waals surface area (Å²) in [6, 6.07) is 14.9. The fourth-order valence-corrected chi connectivity index (χ4v) is 3.22. The molecule has 6 heteroatoms. The van der Waals surface area contributed by atoms with E-state index in [1.54, 1.807) is 13.3 Å². The molecule has 0 unspecified atom stereocenters. The molecule has 0 aliphatic carbocycles. The molecular formula is C22H21N3O3. The number of aromatic nitrogens is 2. The van der Waals surface area contributed by atoms with Crippen LogP contribution in [0, 0.1) is 0 Å². The predicted octanol–water partition coefficient (Wildman–Crippen LogP) is 3.11. The molecule has 2 aromatic carbocycles. The van der Waals surface area contributed by atoms with Gasteiger partial charge < -0.3 is 19.4 Å². The first kappa shape index (κ1) is 17.9. The van der Waals surface area contributed by atoms with Crippen molar-refractivity contribution in [2.45, 2.75) is 6.04 Å². The maximum absolute atomic E-state index is 13.0. The summed E-state index contributed by atoms with van der Waals surface area (Å²) in [5, 5.41) is 3.10. The standard InChI is InChI=1S/C22H21N3O3/c1-25-12-11-23-21(25)20(15-7-9-18(27-2)10-8-15)24-22(26)17-13-16-5-3-4-6-19(16)28-14-17/h3-13,20H,14H2,1-2H3,(H,24,26)/t20-/m1/s1. The maximum atomic E-state index is 13.0. The monoisotopic (exact) mass is 375 g/mol. The molecule has 1 aliphatic heterocycles. The van der Waals surface area contributed by atoms with E-state index in [0.29, 0.717) is 5.57 Å². The van der Waals surface area contributed by atoms with E-state index >= 15 is 0 Å². The van der Waals surface area contributed by atoms with Crippen LogP contribution < -0.4 is 14.8 Å². The van der Waals surface area contributed by atoms with E-state index < -0.39 is 6.04 Å². The third kappa shape index (κ3) is 3.49. The van der Waals surface area contributed by atoms with Crippen LogP contribution in [0.4, 0.5) is 0 Å². The first-order valence-electron chi connectivity index (χ1n) is 9.00. The number of imidazole rings is 1. The molecule has 2 heterocycles. The molecule has 1 aromatic heterocycles. The fraction of sp³-hybridized carbons (Fsp3) is 0.182. The number of nitrogens with zero attached hydrogens (tertiary/aromatic N) is 2. The summed E-state index contributed by atoms with van der Waals surface area (Å²) >= 11 is 0. The van der Waals surface area contributed by atoms with Gasteiger partial charge in [0.1, 0.15) is 30.0 Å². The normalized spacial score (nSPS) is 13.7. The van der Waals surface area contributed by atoms with Crippen molar-refractivity contribution in [3.05, 3.63) is 83.4 Å². The van der Waals surface area contributed by atoms with E-state index in [4.69, 9.17) is 9.47 Å². The Balaban J connectivity index is 1.63. The lowest BCUT2D eigenvalue weighted by molar-refractivity contribution is -0.118. The first-order chi connectivity index (χ1) is 13.7. The second-order valence-electron chi connectivity index (χ2n) is 6.57. The molecular weight excluding hydrogens is 354 g/mol. The number of aryl methyl sites for hydroxylation is 1. The number of methoxy groups -OCH3 is 1. The number of ether oxygens (including phenoxy) is 2. The van der Waals surface area contributed by atoms with Gasteiger partial charge >= 0.3 is 0 Å². The highest BCUT2D eigenvalue weighted by atomic mass is 16.5. The predicted molar refractivity (Wildman–Crippen MR) is 106 cm³/mol. The van der Waals surface area contributed by atoms with Crippen molar-refractivity contribution in [2.75, 3.05) is 13.7 Å². The molecule has 1 atom stereocenters. The Kier molecular flexibility index (Phi) is 4.85. The minimum absolute atomic E-state index is 0.182. The average Bonchev–Trinajstić information content (AvgIpc) is 3.17. The minimum Gasteiger partial charge on any atom is -0.497 e. The second-order valence-corrected chi connectivity index (χ2v) is 6.57. The van der Waals surface area contributed by atoms with Crippen LogP contribution in [0.5, 0.6) is 11.5 Å². The average molecular weight is 375 g/mol. The van der Waals surface area contributed by atoms with Gasteiger partial charge in [-0.3, -0.25) is 4.79 Å². The van der Waals surface area contributed by atoms with Gasteiger partial charge in [-0.1, -0.05) is 30.3 Å². The molecule has 1 amide bonds. The van der Waals surface area contributed by atoms with Crippen molar-refractivity contribution < 1.29 is 14.3 Å². The summed E-state index contributed by atoms with van der Waals surface area (Å²) in [7, 11) is 3.53. The van der Waals surface area contributed by atoms with Gasteiger partial charge in [-0.25, -0.2) is 4.98 Å². The van der Waals surface area contributed by atoms with E-state index in [2.05, 4.69) is 10.3 Å². The molecule has 6 nitrogen and oxygen atoms in total. The number of carbonyl (C=O) groups is 1. The molecule has 142 valence electrons. The number of nitrogens with one attached hydrogen (secondary N) is 1. The third-order valence-corrected chi connectivity index (χ3v) is 4.76. The van der Waals surface area contributed by atoms with Gasteiger partial charge in [-0.15, -0.1) is 0 Å².